The molecule has 23 heavy (non-hydrogen) atoms. The van der Waals surface area contributed by atoms with E-state index in [1.165, 1.54) is 7.05 Å². The number of rotatable bonds is 5. The largest absolute Gasteiger partial charge is 0.830 e. The Kier molecular flexibility index (Phi) is 6.88. The molecule has 0 spiro atoms. The predicted molar refractivity (Wildman–Crippen MR) is 69.7 cm³/mol. The second kappa shape index (κ2) is 8.20. The monoisotopic (exact) mass is 334 g/mol. The van der Waals surface area contributed by atoms with Gasteiger partial charge in [-0.3, -0.25) is 14.4 Å². The van der Waals surface area contributed by atoms with E-state index >= 15 is 0 Å². The first-order valence-corrected chi connectivity index (χ1v) is 6.84. The van der Waals surface area contributed by atoms with Crippen LogP contribution in [0.25, 0.3) is 0 Å². The third-order valence-electron chi connectivity index (χ3n) is 3.10. The lowest BCUT2D eigenvalue weighted by atomic mass is 9.96. The maximum atomic E-state index is 12.1. The molecule has 1 fully saturated rings. The number of hydrogen-bond acceptors (Lipinski definition) is 10. The highest BCUT2D eigenvalue weighted by Crippen LogP contribution is 2.27. The Morgan fingerprint density at radius 3 is 2.04 bits per heavy atom. The molecule has 1 aliphatic rings. The SMILES string of the molecule is CC(=O)OC[C@H]1O[C@@H]([O-])[C@H](N(C)O)[C@@H](OC(C)=O)[C@@H]1OC(C)=O. The molecule has 1 aliphatic heterocycles. The maximum Gasteiger partial charge on any atom is 0.303 e. The smallest absolute Gasteiger partial charge is 0.303 e. The highest BCUT2D eigenvalue weighted by molar-refractivity contribution is 5.67. The van der Waals surface area contributed by atoms with Gasteiger partial charge in [0.05, 0.1) is 6.04 Å². The first kappa shape index (κ1) is 19.3. The molecular weight excluding hydrogens is 314 g/mol. The fourth-order valence-electron chi connectivity index (χ4n) is 2.28. The van der Waals surface area contributed by atoms with Crippen LogP contribution in [-0.4, -0.2) is 72.5 Å². The van der Waals surface area contributed by atoms with Crippen LogP contribution in [0.4, 0.5) is 0 Å². The summed E-state index contributed by atoms with van der Waals surface area (Å²) in [6, 6.07) is -1.31. The molecule has 10 heteroatoms. The molecule has 0 unspecified atom stereocenters. The molecule has 1 N–H and O–H groups in total. The molecule has 10 nitrogen and oxygen atoms in total. The molecule has 0 radical (unpaired) electrons. The second-order valence-corrected chi connectivity index (χ2v) is 5.06. The third kappa shape index (κ3) is 5.43. The lowest BCUT2D eigenvalue weighted by Gasteiger charge is -2.49. The Hall–Kier alpha value is -1.75. The molecular formula is C13H20NO9-. The number of hydroxylamine groups is 2. The average Bonchev–Trinajstić information content (AvgIpc) is 2.38. The predicted octanol–water partition coefficient (Wildman–Crippen LogP) is -1.81. The summed E-state index contributed by atoms with van der Waals surface area (Å²) in [5, 5.41) is 22.3. The fraction of sp³-hybridized carbons (Fsp3) is 0.769. The van der Waals surface area contributed by atoms with Gasteiger partial charge in [0.2, 0.25) is 0 Å². The van der Waals surface area contributed by atoms with Gasteiger partial charge in [0.25, 0.3) is 0 Å². The normalized spacial score (nSPS) is 30.7. The summed E-state index contributed by atoms with van der Waals surface area (Å²) >= 11 is 0. The van der Waals surface area contributed by atoms with Gasteiger partial charge in [0.15, 0.2) is 12.2 Å². The van der Waals surface area contributed by atoms with Crippen molar-refractivity contribution in [2.45, 2.75) is 51.4 Å². The van der Waals surface area contributed by atoms with Crippen molar-refractivity contribution < 1.29 is 43.6 Å². The molecule has 0 amide bonds. The van der Waals surface area contributed by atoms with Gasteiger partial charge in [0, 0.05) is 34.1 Å². The number of likely N-dealkylation sites (N-methyl/N-ethyl adjacent to an activating group) is 1. The van der Waals surface area contributed by atoms with Gasteiger partial charge in [-0.2, -0.15) is 5.06 Å². The minimum atomic E-state index is -1.82. The van der Waals surface area contributed by atoms with Crippen LogP contribution in [0, 0.1) is 0 Å². The molecule has 1 heterocycles. The van der Waals surface area contributed by atoms with Crippen molar-refractivity contribution in [2.24, 2.45) is 0 Å². The molecule has 0 aromatic heterocycles. The number of esters is 3. The van der Waals surface area contributed by atoms with E-state index in [2.05, 4.69) is 0 Å². The topological polar surface area (TPSA) is 135 Å². The van der Waals surface area contributed by atoms with Crippen molar-refractivity contribution in [3.05, 3.63) is 0 Å². The maximum absolute atomic E-state index is 12.1. The first-order chi connectivity index (χ1) is 10.6. The van der Waals surface area contributed by atoms with Gasteiger partial charge < -0.3 is 29.3 Å². The van der Waals surface area contributed by atoms with Crippen molar-refractivity contribution in [3.63, 3.8) is 0 Å². The summed E-state index contributed by atoms with van der Waals surface area (Å²) in [6.07, 6.45) is -5.46. The molecule has 0 saturated carbocycles. The molecule has 0 bridgehead atoms. The lowest BCUT2D eigenvalue weighted by molar-refractivity contribution is -0.532. The van der Waals surface area contributed by atoms with Gasteiger partial charge in [-0.1, -0.05) is 0 Å². The van der Waals surface area contributed by atoms with Crippen molar-refractivity contribution in [1.82, 2.24) is 5.06 Å². The second-order valence-electron chi connectivity index (χ2n) is 5.06. The van der Waals surface area contributed by atoms with Crippen LogP contribution in [0.2, 0.25) is 0 Å². The molecule has 132 valence electrons. The van der Waals surface area contributed by atoms with Crippen molar-refractivity contribution in [2.75, 3.05) is 13.7 Å². The Morgan fingerprint density at radius 2 is 1.61 bits per heavy atom. The van der Waals surface area contributed by atoms with Gasteiger partial charge in [-0.25, -0.2) is 0 Å². The van der Waals surface area contributed by atoms with E-state index in [-0.39, 0.29) is 6.61 Å². The minimum Gasteiger partial charge on any atom is -0.830 e. The van der Waals surface area contributed by atoms with E-state index in [0.717, 1.165) is 20.8 Å². The van der Waals surface area contributed by atoms with Gasteiger partial charge >= 0.3 is 17.9 Å². The van der Waals surface area contributed by atoms with Crippen molar-refractivity contribution in [3.8, 4) is 0 Å². The quantitative estimate of drug-likeness (QED) is 0.348. The molecule has 1 saturated heterocycles. The number of carbonyl (C=O) groups is 3. The van der Waals surface area contributed by atoms with E-state index in [4.69, 9.17) is 18.9 Å². The highest BCUT2D eigenvalue weighted by atomic mass is 16.7. The van der Waals surface area contributed by atoms with E-state index in [9.17, 15) is 24.7 Å². The molecule has 0 aromatic carbocycles. The van der Waals surface area contributed by atoms with E-state index in [1.807, 2.05) is 0 Å². The molecule has 1 rings (SSSR count). The van der Waals surface area contributed by atoms with Gasteiger partial charge in [0.1, 0.15) is 12.7 Å². The minimum absolute atomic E-state index is 0.369. The zero-order valence-corrected chi connectivity index (χ0v) is 13.3. The zero-order chi connectivity index (χ0) is 17.7. The van der Waals surface area contributed by atoms with Crippen molar-refractivity contribution >= 4 is 17.9 Å². The summed E-state index contributed by atoms with van der Waals surface area (Å²) in [5.74, 6) is -2.07. The summed E-state index contributed by atoms with van der Waals surface area (Å²) < 4.78 is 20.0. The standard InChI is InChI=1S/C13H20NO9/c1-6(15)20-5-9-11(21-7(2)16)12(22-8(3)17)10(14(4)19)13(18)23-9/h9-13,19H,5H2,1-4H3/q-1/t9-,10-,11-,12-,13-/m1/s1. The number of hydrogen-bond donors (Lipinski definition) is 1. The number of carbonyl (C=O) groups excluding carboxylic acids is 3. The Labute approximate surface area is 132 Å². The van der Waals surface area contributed by atoms with Crippen LogP contribution in [0.1, 0.15) is 20.8 Å². The zero-order valence-electron chi connectivity index (χ0n) is 13.3. The van der Waals surface area contributed by atoms with E-state index in [0.29, 0.717) is 5.06 Å². The Bertz CT molecular complexity index is 453. The molecule has 0 aromatic rings. The highest BCUT2D eigenvalue weighted by Gasteiger charge is 2.48. The van der Waals surface area contributed by atoms with Crippen LogP contribution in [0.5, 0.6) is 0 Å². The third-order valence-corrected chi connectivity index (χ3v) is 3.10. The fourth-order valence-corrected chi connectivity index (χ4v) is 2.28. The summed E-state index contributed by atoms with van der Waals surface area (Å²) in [6.45, 7) is 3.02. The van der Waals surface area contributed by atoms with Crippen LogP contribution >= 0.6 is 0 Å². The number of ether oxygens (including phenoxy) is 4. The molecule has 0 aliphatic carbocycles. The Morgan fingerprint density at radius 1 is 1.09 bits per heavy atom. The van der Waals surface area contributed by atoms with Crippen LogP contribution in [0.3, 0.4) is 0 Å². The summed E-state index contributed by atoms with van der Waals surface area (Å²) in [4.78, 5) is 33.5. The van der Waals surface area contributed by atoms with E-state index < -0.39 is 48.6 Å². The van der Waals surface area contributed by atoms with Crippen molar-refractivity contribution in [1.29, 1.82) is 0 Å². The van der Waals surface area contributed by atoms with Crippen LogP contribution < -0.4 is 5.11 Å². The summed E-state index contributed by atoms with van der Waals surface area (Å²) in [7, 11) is 1.17. The van der Waals surface area contributed by atoms with Gasteiger partial charge in [-0.05, 0) is 0 Å². The number of nitrogens with zero attached hydrogens (tertiary/aromatic N) is 1. The lowest BCUT2D eigenvalue weighted by Crippen LogP contribution is -2.68. The molecule has 5 atom stereocenters. The Balaban J connectivity index is 3.09. The first-order valence-electron chi connectivity index (χ1n) is 6.84. The van der Waals surface area contributed by atoms with E-state index in [1.54, 1.807) is 0 Å². The average molecular weight is 334 g/mol. The van der Waals surface area contributed by atoms with Gasteiger partial charge in [-0.15, -0.1) is 0 Å². The van der Waals surface area contributed by atoms with Crippen LogP contribution in [-0.2, 0) is 33.3 Å². The summed E-state index contributed by atoms with van der Waals surface area (Å²) in [5.41, 5.74) is 0. The van der Waals surface area contributed by atoms with Crippen LogP contribution in [0.15, 0.2) is 0 Å².